The Morgan fingerprint density at radius 2 is 1.33 bits per heavy atom. The molecule has 0 spiro atoms. The zero-order valence-electron chi connectivity index (χ0n) is 21.5. The maximum atomic E-state index is 2.58. The molecule has 0 fully saturated rings. The maximum Gasteiger partial charge on any atom is 4.00 e. The van der Waals surface area contributed by atoms with E-state index in [4.69, 9.17) is 0 Å². The van der Waals surface area contributed by atoms with Crippen LogP contribution in [0.1, 0.15) is 38.9 Å². The number of benzene rings is 2. The normalized spacial score (nSPS) is 11.4. The molecule has 0 aliphatic carbocycles. The van der Waals surface area contributed by atoms with Crippen molar-refractivity contribution in [3.8, 4) is 0 Å². The summed E-state index contributed by atoms with van der Waals surface area (Å²) in [6.07, 6.45) is 0. The second-order valence-electron chi connectivity index (χ2n) is 10.0. The molecule has 178 valence electrons. The summed E-state index contributed by atoms with van der Waals surface area (Å²) >= 11 is 0. The van der Waals surface area contributed by atoms with Crippen LogP contribution in [0, 0.1) is 41.5 Å². The van der Waals surface area contributed by atoms with Crippen LogP contribution >= 0.6 is 0 Å². The molecule has 1 unspecified atom stereocenters. The van der Waals surface area contributed by atoms with E-state index in [0.717, 1.165) is 0 Å². The fourth-order valence-electron chi connectivity index (χ4n) is 4.57. The Bertz CT molecular complexity index is 1030. The van der Waals surface area contributed by atoms with Crippen LogP contribution in [0.15, 0.2) is 42.5 Å². The Morgan fingerprint density at radius 1 is 0.758 bits per heavy atom. The Hall–Kier alpha value is -0.192. The first-order valence-corrected chi connectivity index (χ1v) is 16.4. The van der Waals surface area contributed by atoms with Crippen molar-refractivity contribution >= 4 is 32.4 Å². The third kappa shape index (κ3) is 7.90. The first-order valence-electron chi connectivity index (χ1n) is 10.9. The van der Waals surface area contributed by atoms with Crippen molar-refractivity contribution in [1.29, 1.82) is 0 Å². The summed E-state index contributed by atoms with van der Waals surface area (Å²) in [6, 6.07) is 18.0. The second kappa shape index (κ2) is 13.8. The maximum absolute atomic E-state index is 2.58. The molecule has 0 aliphatic heterocycles. The summed E-state index contributed by atoms with van der Waals surface area (Å²) < 4.78 is 0. The molecule has 0 aromatic heterocycles. The van der Waals surface area contributed by atoms with Gasteiger partial charge in [-0.2, -0.15) is 27.8 Å². The van der Waals surface area contributed by atoms with Gasteiger partial charge < -0.3 is 37.2 Å². The van der Waals surface area contributed by atoms with E-state index >= 15 is 0 Å². The molecule has 0 aliphatic rings. The summed E-state index contributed by atoms with van der Waals surface area (Å²) in [5.41, 5.74) is 10.4. The summed E-state index contributed by atoms with van der Waals surface area (Å²) in [7, 11) is -2.72. The average Bonchev–Trinajstić information content (AvgIpc) is 2.82. The van der Waals surface area contributed by atoms with Crippen molar-refractivity contribution in [2.75, 3.05) is 0 Å². The molecule has 33 heavy (non-hydrogen) atoms. The largest absolute Gasteiger partial charge is 4.00 e. The number of aryl methyl sites for hydroxylation is 2. The average molecular weight is 572 g/mol. The molecule has 3 rings (SSSR count). The van der Waals surface area contributed by atoms with Gasteiger partial charge in [0.2, 0.25) is 0 Å². The van der Waals surface area contributed by atoms with E-state index in [1.165, 1.54) is 39.4 Å². The molecule has 0 amide bonds. The van der Waals surface area contributed by atoms with Gasteiger partial charge in [-0.3, -0.25) is 0 Å². The van der Waals surface area contributed by atoms with E-state index in [2.05, 4.69) is 104 Å². The third-order valence-electron chi connectivity index (χ3n) is 6.81. The van der Waals surface area contributed by atoms with E-state index in [1.54, 1.807) is 21.1 Å². The van der Waals surface area contributed by atoms with Crippen molar-refractivity contribution in [2.24, 2.45) is 0 Å². The molecule has 0 saturated carbocycles. The van der Waals surface area contributed by atoms with Crippen LogP contribution in [0.2, 0.25) is 19.6 Å². The molecular weight excluding hydrogens is 535 g/mol. The minimum atomic E-state index is -1.37. The van der Waals surface area contributed by atoms with Crippen LogP contribution in [0.25, 0.3) is 0 Å². The molecule has 0 radical (unpaired) electrons. The van der Waals surface area contributed by atoms with Crippen LogP contribution < -0.4 is 52.8 Å². The van der Waals surface area contributed by atoms with Crippen molar-refractivity contribution < 1.29 is 58.9 Å². The van der Waals surface area contributed by atoms with Crippen molar-refractivity contribution in [3.63, 3.8) is 0 Å². The standard InChI is InChI=1S/C27H37Si2.3ClH.Ti/c1-18-11-10-12-24(13-18)28(17-27-22(5)20(3)21(4)23(27)6)25-14-19(2)15-26(16-25)29(7,8)9;;;;/h10-16,28H,17H2,1-9H3;3*1H;/q-1;;;;+4/p-3. The molecule has 0 heterocycles. The van der Waals surface area contributed by atoms with Gasteiger partial charge >= 0.3 is 21.7 Å². The second-order valence-corrected chi connectivity index (χ2v) is 18.0. The number of halogens is 3. The van der Waals surface area contributed by atoms with Crippen LogP contribution in [-0.2, 0) is 27.8 Å². The van der Waals surface area contributed by atoms with Crippen molar-refractivity contribution in [2.45, 2.75) is 67.2 Å². The topological polar surface area (TPSA) is 0 Å². The first-order chi connectivity index (χ1) is 13.5. The number of hydrogen-bond acceptors (Lipinski definition) is 0. The quantitative estimate of drug-likeness (QED) is 0.216. The van der Waals surface area contributed by atoms with Gasteiger partial charge in [-0.1, -0.05) is 116 Å². The third-order valence-corrected chi connectivity index (χ3v) is 12.0. The van der Waals surface area contributed by atoms with Gasteiger partial charge in [0, 0.05) is 0 Å². The monoisotopic (exact) mass is 570 g/mol. The fourth-order valence-corrected chi connectivity index (χ4v) is 9.52. The smallest absolute Gasteiger partial charge is 1.00 e. The van der Waals surface area contributed by atoms with E-state index in [-0.39, 0.29) is 58.9 Å². The van der Waals surface area contributed by atoms with E-state index in [9.17, 15) is 0 Å². The molecule has 3 aromatic carbocycles. The molecule has 0 bridgehead atoms. The Balaban J connectivity index is 0. The minimum Gasteiger partial charge on any atom is -1.00 e. The zero-order chi connectivity index (χ0) is 21.5. The van der Waals surface area contributed by atoms with E-state index in [1.807, 2.05) is 0 Å². The molecule has 6 heteroatoms. The Morgan fingerprint density at radius 3 is 1.82 bits per heavy atom. The van der Waals surface area contributed by atoms with Crippen molar-refractivity contribution in [1.82, 2.24) is 0 Å². The van der Waals surface area contributed by atoms with Crippen LogP contribution in [0.4, 0.5) is 0 Å². The van der Waals surface area contributed by atoms with Gasteiger partial charge in [0.1, 0.15) is 8.80 Å². The van der Waals surface area contributed by atoms with Gasteiger partial charge in [0.05, 0.1) is 8.07 Å². The number of hydrogen-bond donors (Lipinski definition) is 0. The summed E-state index contributed by atoms with van der Waals surface area (Å²) in [6.45, 7) is 21.1. The Kier molecular flexibility index (Phi) is 14.6. The SMILES string of the molecule is Cc1cccc([SiH](Cc2c(C)c(C)c(C)[c-]2C)c2cc(C)cc([Si](C)(C)C)c2)c1.[Cl-].[Cl-].[Cl-].[Ti+4]. The summed E-state index contributed by atoms with van der Waals surface area (Å²) in [5, 5.41) is 4.79. The summed E-state index contributed by atoms with van der Waals surface area (Å²) in [5.74, 6) is 0. The molecular formula is C27H37Cl3Si2Ti. The Labute approximate surface area is 238 Å². The van der Waals surface area contributed by atoms with Gasteiger partial charge in [0.25, 0.3) is 0 Å². The van der Waals surface area contributed by atoms with Crippen molar-refractivity contribution in [3.05, 3.63) is 81.4 Å². The molecule has 1 atom stereocenters. The van der Waals surface area contributed by atoms with E-state index < -0.39 is 16.9 Å². The number of rotatable bonds is 5. The predicted octanol–water partition coefficient (Wildman–Crippen LogP) is -4.07. The van der Waals surface area contributed by atoms with Gasteiger partial charge in [-0.15, -0.1) is 0 Å². The van der Waals surface area contributed by atoms with E-state index in [0.29, 0.717) is 0 Å². The van der Waals surface area contributed by atoms with Crippen LogP contribution in [0.3, 0.4) is 0 Å². The van der Waals surface area contributed by atoms with Gasteiger partial charge in [-0.25, -0.2) is 0 Å². The first kappa shape index (κ1) is 35.0. The van der Waals surface area contributed by atoms with Gasteiger partial charge in [-0.05, 0) is 19.9 Å². The predicted molar refractivity (Wildman–Crippen MR) is 136 cm³/mol. The summed E-state index contributed by atoms with van der Waals surface area (Å²) in [4.78, 5) is 0. The molecule has 3 aromatic rings. The molecule has 0 nitrogen and oxygen atoms in total. The zero-order valence-corrected chi connectivity index (χ0v) is 27.4. The van der Waals surface area contributed by atoms with Crippen LogP contribution in [0.5, 0.6) is 0 Å². The molecule has 0 N–H and O–H groups in total. The van der Waals surface area contributed by atoms with Crippen LogP contribution in [-0.4, -0.2) is 16.9 Å². The minimum absolute atomic E-state index is 0. The molecule has 0 saturated heterocycles. The van der Waals surface area contributed by atoms with Gasteiger partial charge in [0.15, 0.2) is 0 Å². The fraction of sp³-hybridized carbons (Fsp3) is 0.370.